The van der Waals surface area contributed by atoms with E-state index in [1.165, 1.54) is 5.56 Å². The van der Waals surface area contributed by atoms with E-state index in [1.807, 2.05) is 62.4 Å². The number of benzene rings is 2. The van der Waals surface area contributed by atoms with Gasteiger partial charge in [0.2, 0.25) is 5.91 Å². The van der Waals surface area contributed by atoms with Crippen LogP contribution in [0.25, 0.3) is 0 Å². The van der Waals surface area contributed by atoms with E-state index in [4.69, 9.17) is 0 Å². The first kappa shape index (κ1) is 18.7. The third kappa shape index (κ3) is 6.42. The van der Waals surface area contributed by atoms with Crippen molar-refractivity contribution in [3.8, 4) is 0 Å². The number of aryl methyl sites for hydroxylation is 3. The van der Waals surface area contributed by atoms with Gasteiger partial charge < -0.3 is 10.4 Å². The third-order valence-electron chi connectivity index (χ3n) is 4.22. The Morgan fingerprint density at radius 3 is 2.36 bits per heavy atom. The highest BCUT2D eigenvalue weighted by atomic mass is 16.4. The molecule has 2 rings (SSSR count). The van der Waals surface area contributed by atoms with Crippen molar-refractivity contribution in [2.45, 2.75) is 33.1 Å². The number of nitrogens with one attached hydrogen (secondary N) is 1. The van der Waals surface area contributed by atoms with Crippen LogP contribution in [0.5, 0.6) is 0 Å². The lowest BCUT2D eigenvalue weighted by atomic mass is 9.98. The molecule has 2 aromatic carbocycles. The molecule has 1 unspecified atom stereocenters. The predicted octanol–water partition coefficient (Wildman–Crippen LogP) is 3.30. The van der Waals surface area contributed by atoms with Gasteiger partial charge in [-0.25, -0.2) is 0 Å². The lowest BCUT2D eigenvalue weighted by Gasteiger charge is -2.14. The van der Waals surface area contributed by atoms with E-state index in [1.54, 1.807) is 0 Å². The van der Waals surface area contributed by atoms with Crippen molar-refractivity contribution in [1.29, 1.82) is 0 Å². The van der Waals surface area contributed by atoms with Gasteiger partial charge >= 0.3 is 5.97 Å². The molecule has 0 aliphatic heterocycles. The van der Waals surface area contributed by atoms with Gasteiger partial charge in [0.1, 0.15) is 0 Å². The molecule has 0 bridgehead atoms. The predicted molar refractivity (Wildman–Crippen MR) is 98.5 cm³/mol. The van der Waals surface area contributed by atoms with Crippen LogP contribution >= 0.6 is 0 Å². The number of rotatable bonds is 8. The second-order valence-corrected chi connectivity index (χ2v) is 6.52. The Labute approximate surface area is 148 Å². The number of hydrogen-bond acceptors (Lipinski definition) is 2. The van der Waals surface area contributed by atoms with Crippen molar-refractivity contribution in [1.82, 2.24) is 5.32 Å². The molecule has 0 aliphatic carbocycles. The lowest BCUT2D eigenvalue weighted by Crippen LogP contribution is -2.34. The van der Waals surface area contributed by atoms with Crippen LogP contribution < -0.4 is 5.32 Å². The minimum absolute atomic E-state index is 0.115. The van der Waals surface area contributed by atoms with Crippen LogP contribution in [0.1, 0.15) is 28.7 Å². The van der Waals surface area contributed by atoms with Crippen molar-refractivity contribution in [2.24, 2.45) is 5.92 Å². The van der Waals surface area contributed by atoms with Gasteiger partial charge in [-0.1, -0.05) is 59.7 Å². The van der Waals surface area contributed by atoms with Crippen LogP contribution in [-0.2, 0) is 22.4 Å². The fraction of sp³-hybridized carbons (Fsp3) is 0.333. The van der Waals surface area contributed by atoms with Crippen LogP contribution in [0, 0.1) is 19.8 Å². The molecule has 2 N–H and O–H groups in total. The van der Waals surface area contributed by atoms with Crippen LogP contribution in [0.15, 0.2) is 48.5 Å². The first-order valence-corrected chi connectivity index (χ1v) is 8.54. The molecule has 0 fully saturated rings. The fourth-order valence-electron chi connectivity index (χ4n) is 2.71. The number of carboxylic acid groups (broad SMARTS) is 1. The maximum absolute atomic E-state index is 12.0. The Morgan fingerprint density at radius 2 is 1.72 bits per heavy atom. The summed E-state index contributed by atoms with van der Waals surface area (Å²) in [6.45, 7) is 4.15. The Morgan fingerprint density at radius 1 is 1.00 bits per heavy atom. The lowest BCUT2D eigenvalue weighted by molar-refractivity contribution is -0.141. The molecule has 4 heteroatoms. The molecule has 2 aromatic rings. The molecule has 1 atom stereocenters. The standard InChI is InChI=1S/C21H25NO3/c1-15-6-8-17(9-7-15)10-11-20(23)22-14-19(21(24)25)13-18-5-3-4-16(2)12-18/h3-9,12,19H,10-11,13-14H2,1-2H3,(H,22,23)(H,24,25). The van der Waals surface area contributed by atoms with Gasteiger partial charge in [0.25, 0.3) is 0 Å². The summed E-state index contributed by atoms with van der Waals surface area (Å²) in [5, 5.41) is 12.2. The second kappa shape index (κ2) is 9.02. The quantitative estimate of drug-likeness (QED) is 0.775. The summed E-state index contributed by atoms with van der Waals surface area (Å²) >= 11 is 0. The summed E-state index contributed by atoms with van der Waals surface area (Å²) in [5.41, 5.74) is 4.37. The van der Waals surface area contributed by atoms with Crippen LogP contribution in [0.4, 0.5) is 0 Å². The van der Waals surface area contributed by atoms with Crippen LogP contribution in [0.3, 0.4) is 0 Å². The molecule has 0 radical (unpaired) electrons. The topological polar surface area (TPSA) is 66.4 Å². The zero-order valence-corrected chi connectivity index (χ0v) is 14.8. The van der Waals surface area contributed by atoms with E-state index in [0.29, 0.717) is 19.3 Å². The zero-order chi connectivity index (χ0) is 18.2. The van der Waals surface area contributed by atoms with Crippen LogP contribution in [0.2, 0.25) is 0 Å². The van der Waals surface area contributed by atoms with Gasteiger partial charge in [0.15, 0.2) is 0 Å². The molecular weight excluding hydrogens is 314 g/mol. The van der Waals surface area contributed by atoms with Gasteiger partial charge in [-0.15, -0.1) is 0 Å². The number of aliphatic carboxylic acids is 1. The highest BCUT2D eigenvalue weighted by Crippen LogP contribution is 2.11. The highest BCUT2D eigenvalue weighted by molar-refractivity contribution is 5.77. The van der Waals surface area contributed by atoms with E-state index in [2.05, 4.69) is 5.32 Å². The molecule has 25 heavy (non-hydrogen) atoms. The summed E-state index contributed by atoms with van der Waals surface area (Å²) in [6, 6.07) is 15.9. The van der Waals surface area contributed by atoms with Gasteiger partial charge in [-0.2, -0.15) is 0 Å². The largest absolute Gasteiger partial charge is 0.481 e. The second-order valence-electron chi connectivity index (χ2n) is 6.52. The normalized spacial score (nSPS) is 11.8. The van der Waals surface area contributed by atoms with Gasteiger partial charge in [-0.3, -0.25) is 9.59 Å². The Bertz CT molecular complexity index is 722. The Kier molecular flexibility index (Phi) is 6.75. The van der Waals surface area contributed by atoms with E-state index in [9.17, 15) is 14.7 Å². The molecule has 0 aromatic heterocycles. The molecule has 0 saturated carbocycles. The highest BCUT2D eigenvalue weighted by Gasteiger charge is 2.19. The van der Waals surface area contributed by atoms with E-state index >= 15 is 0 Å². The molecular formula is C21H25NO3. The summed E-state index contributed by atoms with van der Waals surface area (Å²) in [6.07, 6.45) is 1.43. The SMILES string of the molecule is Cc1ccc(CCC(=O)NCC(Cc2cccc(C)c2)C(=O)O)cc1. The van der Waals surface area contributed by atoms with E-state index in [0.717, 1.165) is 16.7 Å². The first-order chi connectivity index (χ1) is 11.9. The molecule has 4 nitrogen and oxygen atoms in total. The number of amides is 1. The number of hydrogen-bond donors (Lipinski definition) is 2. The number of carbonyl (C=O) groups excluding carboxylic acids is 1. The maximum Gasteiger partial charge on any atom is 0.308 e. The number of carboxylic acids is 1. The third-order valence-corrected chi connectivity index (χ3v) is 4.22. The molecule has 0 spiro atoms. The summed E-state index contributed by atoms with van der Waals surface area (Å²) in [7, 11) is 0. The maximum atomic E-state index is 12.0. The molecule has 132 valence electrons. The smallest absolute Gasteiger partial charge is 0.308 e. The van der Waals surface area contributed by atoms with Crippen molar-refractivity contribution in [3.05, 3.63) is 70.8 Å². The van der Waals surface area contributed by atoms with Crippen molar-refractivity contribution in [2.75, 3.05) is 6.54 Å². The average Bonchev–Trinajstić information content (AvgIpc) is 2.58. The van der Waals surface area contributed by atoms with E-state index in [-0.39, 0.29) is 12.5 Å². The summed E-state index contributed by atoms with van der Waals surface area (Å²) in [4.78, 5) is 23.5. The number of carbonyl (C=O) groups is 2. The van der Waals surface area contributed by atoms with Crippen LogP contribution in [-0.4, -0.2) is 23.5 Å². The fourth-order valence-corrected chi connectivity index (χ4v) is 2.71. The van der Waals surface area contributed by atoms with Crippen molar-refractivity contribution >= 4 is 11.9 Å². The average molecular weight is 339 g/mol. The molecule has 0 saturated heterocycles. The van der Waals surface area contributed by atoms with Crippen molar-refractivity contribution in [3.63, 3.8) is 0 Å². The summed E-state index contributed by atoms with van der Waals surface area (Å²) in [5.74, 6) is -1.62. The monoisotopic (exact) mass is 339 g/mol. The Balaban J connectivity index is 1.82. The molecule has 1 amide bonds. The van der Waals surface area contributed by atoms with E-state index < -0.39 is 11.9 Å². The van der Waals surface area contributed by atoms with Gasteiger partial charge in [0.05, 0.1) is 5.92 Å². The Hall–Kier alpha value is -2.62. The van der Waals surface area contributed by atoms with Gasteiger partial charge in [0, 0.05) is 13.0 Å². The minimum atomic E-state index is -0.889. The van der Waals surface area contributed by atoms with Gasteiger partial charge in [-0.05, 0) is 37.8 Å². The zero-order valence-electron chi connectivity index (χ0n) is 14.8. The molecule has 0 heterocycles. The molecule has 0 aliphatic rings. The summed E-state index contributed by atoms with van der Waals surface area (Å²) < 4.78 is 0. The first-order valence-electron chi connectivity index (χ1n) is 8.54. The minimum Gasteiger partial charge on any atom is -0.481 e. The van der Waals surface area contributed by atoms with Crippen molar-refractivity contribution < 1.29 is 14.7 Å².